The summed E-state index contributed by atoms with van der Waals surface area (Å²) in [4.78, 5) is 14.7. The molecule has 0 bridgehead atoms. The zero-order valence-electron chi connectivity index (χ0n) is 7.78. The Balaban J connectivity index is 2.71. The molecule has 5 heteroatoms. The van der Waals surface area contributed by atoms with Crippen LogP contribution in [-0.4, -0.2) is 35.8 Å². The summed E-state index contributed by atoms with van der Waals surface area (Å²) in [6.07, 6.45) is 4.42. The van der Waals surface area contributed by atoms with Crippen LogP contribution in [-0.2, 0) is 4.79 Å². The molecule has 0 atom stereocenters. The van der Waals surface area contributed by atoms with E-state index in [-0.39, 0.29) is 0 Å². The third-order valence-corrected chi connectivity index (χ3v) is 2.29. The number of carbonyl (C=O) groups excluding carboxylic acids is 1. The zero-order valence-corrected chi connectivity index (χ0v) is 8.60. The van der Waals surface area contributed by atoms with Crippen molar-refractivity contribution in [3.05, 3.63) is 11.8 Å². The Morgan fingerprint density at radius 2 is 2.62 bits per heavy atom. The summed E-state index contributed by atoms with van der Waals surface area (Å²) >= 11 is 1.56. The van der Waals surface area contributed by atoms with E-state index < -0.39 is 0 Å². The van der Waals surface area contributed by atoms with E-state index >= 15 is 0 Å². The number of aldehydes is 1. The van der Waals surface area contributed by atoms with Gasteiger partial charge in [-0.05, 0) is 6.26 Å². The fourth-order valence-electron chi connectivity index (χ4n) is 1.04. The van der Waals surface area contributed by atoms with Gasteiger partial charge in [-0.1, -0.05) is 18.7 Å². The van der Waals surface area contributed by atoms with E-state index in [9.17, 15) is 4.79 Å². The van der Waals surface area contributed by atoms with Crippen LogP contribution in [0.3, 0.4) is 0 Å². The van der Waals surface area contributed by atoms with E-state index in [1.54, 1.807) is 18.0 Å². The molecule has 0 radical (unpaired) electrons. The number of hydrogen-bond donors (Lipinski definition) is 1. The Bertz CT molecular complexity index is 250. The predicted octanol–water partition coefficient (Wildman–Crippen LogP) is 0.628. The topological polar surface area (TPSA) is 44.7 Å². The maximum atomic E-state index is 10.5. The van der Waals surface area contributed by atoms with Gasteiger partial charge in [-0.2, -0.15) is 0 Å². The van der Waals surface area contributed by atoms with Crippen molar-refractivity contribution >= 4 is 23.2 Å². The van der Waals surface area contributed by atoms with Gasteiger partial charge in [0.2, 0.25) is 0 Å². The second-order valence-corrected chi connectivity index (χ2v) is 3.31. The summed E-state index contributed by atoms with van der Waals surface area (Å²) in [7, 11) is 0. The third kappa shape index (κ3) is 2.57. The van der Waals surface area contributed by atoms with Gasteiger partial charge in [-0.15, -0.1) is 0 Å². The van der Waals surface area contributed by atoms with Gasteiger partial charge in [-0.3, -0.25) is 9.80 Å². The molecule has 1 aliphatic rings. The second kappa shape index (κ2) is 5.04. The maximum absolute atomic E-state index is 10.5. The van der Waals surface area contributed by atoms with Crippen LogP contribution < -0.4 is 5.43 Å². The standard InChI is InChI=1S/C8H13N3OS/c1-3-10-11-5-7(6-12)4-9-8(11)13-2/h4,6,10H,3,5H2,1-2H3. The number of carbonyl (C=O) groups is 1. The molecule has 0 aromatic carbocycles. The fourth-order valence-corrected chi connectivity index (χ4v) is 1.55. The number of nitrogens with zero attached hydrogens (tertiary/aromatic N) is 2. The first-order chi connectivity index (χ1) is 6.31. The monoisotopic (exact) mass is 199 g/mol. The second-order valence-electron chi connectivity index (χ2n) is 2.54. The molecule has 0 saturated carbocycles. The first-order valence-corrected chi connectivity index (χ1v) is 5.31. The van der Waals surface area contributed by atoms with Crippen molar-refractivity contribution in [2.75, 3.05) is 19.3 Å². The number of aliphatic imine (C=N–C) groups is 1. The van der Waals surface area contributed by atoms with E-state index in [4.69, 9.17) is 0 Å². The predicted molar refractivity (Wildman–Crippen MR) is 55.5 cm³/mol. The van der Waals surface area contributed by atoms with E-state index in [2.05, 4.69) is 10.4 Å². The van der Waals surface area contributed by atoms with Crippen molar-refractivity contribution in [2.24, 2.45) is 4.99 Å². The van der Waals surface area contributed by atoms with Crippen molar-refractivity contribution in [3.63, 3.8) is 0 Å². The first kappa shape index (κ1) is 10.3. The molecule has 1 rings (SSSR count). The smallest absolute Gasteiger partial charge is 0.178 e. The lowest BCUT2D eigenvalue weighted by molar-refractivity contribution is -0.105. The molecule has 4 nitrogen and oxygen atoms in total. The Hall–Kier alpha value is -0.810. The minimum absolute atomic E-state index is 0.594. The number of hydrogen-bond acceptors (Lipinski definition) is 5. The molecule has 13 heavy (non-hydrogen) atoms. The van der Waals surface area contributed by atoms with Gasteiger partial charge in [0.25, 0.3) is 0 Å². The summed E-state index contributed by atoms with van der Waals surface area (Å²) in [5.41, 5.74) is 3.83. The van der Waals surface area contributed by atoms with Gasteiger partial charge >= 0.3 is 0 Å². The normalized spacial score (nSPS) is 16.6. The van der Waals surface area contributed by atoms with Crippen LogP contribution in [0.2, 0.25) is 0 Å². The average molecular weight is 199 g/mol. The van der Waals surface area contributed by atoms with Crippen molar-refractivity contribution in [1.29, 1.82) is 0 Å². The molecule has 1 heterocycles. The molecule has 0 spiro atoms. The van der Waals surface area contributed by atoms with Crippen molar-refractivity contribution < 1.29 is 4.79 Å². The summed E-state index contributed by atoms with van der Waals surface area (Å²) in [6, 6.07) is 0. The average Bonchev–Trinajstić information content (AvgIpc) is 2.18. The molecule has 0 aromatic heterocycles. The van der Waals surface area contributed by atoms with Gasteiger partial charge in [0.05, 0.1) is 6.54 Å². The van der Waals surface area contributed by atoms with Crippen LogP contribution in [0, 0.1) is 0 Å². The van der Waals surface area contributed by atoms with Gasteiger partial charge in [0, 0.05) is 18.3 Å². The highest BCUT2D eigenvalue weighted by Gasteiger charge is 2.14. The van der Waals surface area contributed by atoms with E-state index in [0.717, 1.165) is 18.0 Å². The molecular formula is C8H13N3OS. The summed E-state index contributed by atoms with van der Waals surface area (Å²) < 4.78 is 0. The molecule has 1 N–H and O–H groups in total. The lowest BCUT2D eigenvalue weighted by Gasteiger charge is -2.26. The van der Waals surface area contributed by atoms with Crippen LogP contribution in [0.4, 0.5) is 0 Å². The van der Waals surface area contributed by atoms with E-state index in [1.165, 1.54) is 0 Å². The number of amidine groups is 1. The highest BCUT2D eigenvalue weighted by molar-refractivity contribution is 8.13. The maximum Gasteiger partial charge on any atom is 0.178 e. The third-order valence-electron chi connectivity index (χ3n) is 1.60. The van der Waals surface area contributed by atoms with Crippen molar-refractivity contribution in [1.82, 2.24) is 10.4 Å². The van der Waals surface area contributed by atoms with Crippen LogP contribution in [0.15, 0.2) is 16.8 Å². The Morgan fingerprint density at radius 3 is 3.15 bits per heavy atom. The van der Waals surface area contributed by atoms with Crippen LogP contribution >= 0.6 is 11.8 Å². The minimum atomic E-state index is 0.594. The first-order valence-electron chi connectivity index (χ1n) is 4.08. The number of hydrazine groups is 1. The number of rotatable bonds is 3. The van der Waals surface area contributed by atoms with Crippen LogP contribution in [0.25, 0.3) is 0 Å². The van der Waals surface area contributed by atoms with E-state index in [0.29, 0.717) is 12.1 Å². The lowest BCUT2D eigenvalue weighted by atomic mass is 10.3. The summed E-state index contributed by atoms with van der Waals surface area (Å²) in [5, 5.41) is 2.78. The number of thioether (sulfide) groups is 1. The molecule has 0 saturated heterocycles. The molecule has 0 aromatic rings. The molecule has 0 unspecified atom stereocenters. The van der Waals surface area contributed by atoms with Gasteiger partial charge in [0.1, 0.15) is 6.29 Å². The Labute approximate surface area is 82.1 Å². The van der Waals surface area contributed by atoms with Gasteiger partial charge in [0.15, 0.2) is 5.17 Å². The lowest BCUT2D eigenvalue weighted by Crippen LogP contribution is -2.43. The summed E-state index contributed by atoms with van der Waals surface area (Å²) in [5.74, 6) is 0. The Kier molecular flexibility index (Phi) is 3.98. The van der Waals surface area contributed by atoms with Gasteiger partial charge in [-0.25, -0.2) is 10.4 Å². The molecular weight excluding hydrogens is 186 g/mol. The number of nitrogens with one attached hydrogen (secondary N) is 1. The fraction of sp³-hybridized carbons (Fsp3) is 0.500. The minimum Gasteiger partial charge on any atom is -0.298 e. The molecule has 72 valence electrons. The van der Waals surface area contributed by atoms with E-state index in [1.807, 2.05) is 18.2 Å². The highest BCUT2D eigenvalue weighted by atomic mass is 32.2. The van der Waals surface area contributed by atoms with Gasteiger partial charge < -0.3 is 0 Å². The molecule has 0 fully saturated rings. The largest absolute Gasteiger partial charge is 0.298 e. The van der Waals surface area contributed by atoms with Crippen LogP contribution in [0.1, 0.15) is 6.92 Å². The van der Waals surface area contributed by atoms with Crippen molar-refractivity contribution in [2.45, 2.75) is 6.92 Å². The van der Waals surface area contributed by atoms with Crippen LogP contribution in [0.5, 0.6) is 0 Å². The zero-order chi connectivity index (χ0) is 9.68. The molecule has 0 amide bonds. The highest BCUT2D eigenvalue weighted by Crippen LogP contribution is 2.10. The molecule has 0 aliphatic carbocycles. The quantitative estimate of drug-likeness (QED) is 0.677. The van der Waals surface area contributed by atoms with Crippen molar-refractivity contribution in [3.8, 4) is 0 Å². The Morgan fingerprint density at radius 1 is 1.85 bits per heavy atom. The SMILES string of the molecule is CCNN1CC(C=O)=CN=C1SC. The molecule has 1 aliphatic heterocycles. The summed E-state index contributed by atoms with van der Waals surface area (Å²) in [6.45, 7) is 3.43.